The fourth-order valence-corrected chi connectivity index (χ4v) is 2.18. The molecule has 1 fully saturated rings. The molecule has 0 unspecified atom stereocenters. The third-order valence-corrected chi connectivity index (χ3v) is 3.32. The molecule has 2 rings (SSSR count). The number of hydrogen-bond donors (Lipinski definition) is 1. The monoisotopic (exact) mass is 262 g/mol. The van der Waals surface area contributed by atoms with Gasteiger partial charge in [-0.15, -0.1) is 0 Å². The SMILES string of the molecule is COc1cccc(CC(=O)N2CCC(=NO)CC2)c1. The molecule has 19 heavy (non-hydrogen) atoms. The van der Waals surface area contributed by atoms with E-state index in [4.69, 9.17) is 9.94 Å². The van der Waals surface area contributed by atoms with Crippen molar-refractivity contribution in [2.75, 3.05) is 20.2 Å². The van der Waals surface area contributed by atoms with Gasteiger partial charge in [0.1, 0.15) is 5.75 Å². The van der Waals surface area contributed by atoms with Crippen LogP contribution < -0.4 is 4.74 Å². The first-order chi connectivity index (χ1) is 9.22. The molecule has 0 saturated carbocycles. The fourth-order valence-electron chi connectivity index (χ4n) is 2.18. The smallest absolute Gasteiger partial charge is 0.227 e. The largest absolute Gasteiger partial charge is 0.497 e. The zero-order valence-electron chi connectivity index (χ0n) is 11.0. The van der Waals surface area contributed by atoms with Crippen molar-refractivity contribution in [1.82, 2.24) is 4.90 Å². The molecule has 1 amide bonds. The molecular weight excluding hydrogens is 244 g/mol. The van der Waals surface area contributed by atoms with Crippen molar-refractivity contribution in [3.05, 3.63) is 29.8 Å². The first-order valence-corrected chi connectivity index (χ1v) is 6.33. The van der Waals surface area contributed by atoms with Gasteiger partial charge >= 0.3 is 0 Å². The van der Waals surface area contributed by atoms with Crippen molar-refractivity contribution in [3.63, 3.8) is 0 Å². The maximum atomic E-state index is 12.1. The molecule has 0 atom stereocenters. The highest BCUT2D eigenvalue weighted by Gasteiger charge is 2.20. The lowest BCUT2D eigenvalue weighted by atomic mass is 10.1. The van der Waals surface area contributed by atoms with Gasteiger partial charge in [-0.2, -0.15) is 0 Å². The Labute approximate surface area is 112 Å². The summed E-state index contributed by atoms with van der Waals surface area (Å²) in [7, 11) is 1.61. The van der Waals surface area contributed by atoms with Crippen molar-refractivity contribution < 1.29 is 14.7 Å². The van der Waals surface area contributed by atoms with E-state index in [9.17, 15) is 4.79 Å². The van der Waals surface area contributed by atoms with Crippen molar-refractivity contribution >= 4 is 11.6 Å². The number of amides is 1. The van der Waals surface area contributed by atoms with Gasteiger partial charge in [-0.3, -0.25) is 4.79 Å². The normalized spacial score (nSPS) is 15.2. The van der Waals surface area contributed by atoms with Gasteiger partial charge in [-0.25, -0.2) is 0 Å². The van der Waals surface area contributed by atoms with Crippen LogP contribution in [0.5, 0.6) is 5.75 Å². The predicted octanol–water partition coefficient (Wildman–Crippen LogP) is 1.69. The van der Waals surface area contributed by atoms with Crippen LogP contribution >= 0.6 is 0 Å². The van der Waals surface area contributed by atoms with E-state index in [1.165, 1.54) is 0 Å². The first-order valence-electron chi connectivity index (χ1n) is 6.33. The van der Waals surface area contributed by atoms with Crippen LogP contribution in [-0.2, 0) is 11.2 Å². The molecule has 1 aliphatic heterocycles. The average molecular weight is 262 g/mol. The van der Waals surface area contributed by atoms with Crippen molar-refractivity contribution in [2.45, 2.75) is 19.3 Å². The van der Waals surface area contributed by atoms with E-state index in [1.807, 2.05) is 29.2 Å². The number of oxime groups is 1. The van der Waals surface area contributed by atoms with Gasteiger partial charge in [0, 0.05) is 25.9 Å². The fraction of sp³-hybridized carbons (Fsp3) is 0.429. The van der Waals surface area contributed by atoms with Crippen LogP contribution in [0.3, 0.4) is 0 Å². The number of rotatable bonds is 3. The molecule has 0 spiro atoms. The molecule has 1 aliphatic rings. The highest BCUT2D eigenvalue weighted by atomic mass is 16.5. The Balaban J connectivity index is 1.94. The highest BCUT2D eigenvalue weighted by molar-refractivity contribution is 5.87. The molecule has 5 nitrogen and oxygen atoms in total. The predicted molar refractivity (Wildman–Crippen MR) is 71.7 cm³/mol. The third kappa shape index (κ3) is 3.47. The van der Waals surface area contributed by atoms with Gasteiger partial charge in [0.15, 0.2) is 0 Å². The molecule has 0 bridgehead atoms. The van der Waals surface area contributed by atoms with Gasteiger partial charge < -0.3 is 14.8 Å². The molecule has 0 aliphatic carbocycles. The van der Waals surface area contributed by atoms with Crippen LogP contribution in [0.25, 0.3) is 0 Å². The van der Waals surface area contributed by atoms with Crippen molar-refractivity contribution in [3.8, 4) is 5.75 Å². The number of likely N-dealkylation sites (tertiary alicyclic amines) is 1. The standard InChI is InChI=1S/C14H18N2O3/c1-19-13-4-2-3-11(9-13)10-14(17)16-7-5-12(15-18)6-8-16/h2-4,9,18H,5-8,10H2,1H3. The zero-order chi connectivity index (χ0) is 13.7. The highest BCUT2D eigenvalue weighted by Crippen LogP contribution is 2.15. The number of carbonyl (C=O) groups is 1. The van der Waals surface area contributed by atoms with E-state index in [2.05, 4.69) is 5.16 Å². The number of benzene rings is 1. The van der Waals surface area contributed by atoms with Crippen LogP contribution in [0.4, 0.5) is 0 Å². The Morgan fingerprint density at radius 2 is 2.16 bits per heavy atom. The van der Waals surface area contributed by atoms with Crippen LogP contribution in [0.15, 0.2) is 29.4 Å². The second kappa shape index (κ2) is 6.22. The number of methoxy groups -OCH3 is 1. The second-order valence-corrected chi connectivity index (χ2v) is 4.58. The van der Waals surface area contributed by atoms with Gasteiger partial charge in [0.25, 0.3) is 0 Å². The van der Waals surface area contributed by atoms with E-state index in [-0.39, 0.29) is 5.91 Å². The van der Waals surface area contributed by atoms with Crippen molar-refractivity contribution in [2.24, 2.45) is 5.16 Å². The molecule has 5 heteroatoms. The molecule has 0 aromatic heterocycles. The van der Waals surface area contributed by atoms with Gasteiger partial charge in [0.2, 0.25) is 5.91 Å². The van der Waals surface area contributed by atoms with Gasteiger partial charge in [0.05, 0.1) is 19.2 Å². The van der Waals surface area contributed by atoms with Crippen LogP contribution in [-0.4, -0.2) is 41.9 Å². The van der Waals surface area contributed by atoms with E-state index >= 15 is 0 Å². The summed E-state index contributed by atoms with van der Waals surface area (Å²) in [6, 6.07) is 7.54. The average Bonchev–Trinajstić information content (AvgIpc) is 2.47. The number of hydrogen-bond acceptors (Lipinski definition) is 4. The minimum Gasteiger partial charge on any atom is -0.497 e. The summed E-state index contributed by atoms with van der Waals surface area (Å²) < 4.78 is 5.14. The zero-order valence-corrected chi connectivity index (χ0v) is 11.0. The van der Waals surface area contributed by atoms with E-state index in [0.29, 0.717) is 32.4 Å². The molecule has 102 valence electrons. The molecule has 1 N–H and O–H groups in total. The topological polar surface area (TPSA) is 62.1 Å². The lowest BCUT2D eigenvalue weighted by Crippen LogP contribution is -2.39. The Kier molecular flexibility index (Phi) is 4.39. The minimum atomic E-state index is 0.102. The second-order valence-electron chi connectivity index (χ2n) is 4.58. The Hall–Kier alpha value is -2.04. The summed E-state index contributed by atoms with van der Waals surface area (Å²) in [5, 5.41) is 11.9. The third-order valence-electron chi connectivity index (χ3n) is 3.32. The molecule has 1 saturated heterocycles. The number of carbonyl (C=O) groups excluding carboxylic acids is 1. The Morgan fingerprint density at radius 1 is 1.42 bits per heavy atom. The summed E-state index contributed by atoms with van der Waals surface area (Å²) >= 11 is 0. The van der Waals surface area contributed by atoms with Crippen LogP contribution in [0.2, 0.25) is 0 Å². The van der Waals surface area contributed by atoms with E-state index in [1.54, 1.807) is 7.11 Å². The molecule has 0 radical (unpaired) electrons. The summed E-state index contributed by atoms with van der Waals surface area (Å²) in [5.41, 5.74) is 1.72. The molecule has 1 heterocycles. The van der Waals surface area contributed by atoms with Gasteiger partial charge in [-0.05, 0) is 17.7 Å². The lowest BCUT2D eigenvalue weighted by Gasteiger charge is -2.27. The minimum absolute atomic E-state index is 0.102. The maximum Gasteiger partial charge on any atom is 0.227 e. The summed E-state index contributed by atoms with van der Waals surface area (Å²) in [5.74, 6) is 0.865. The Morgan fingerprint density at radius 3 is 2.79 bits per heavy atom. The summed E-state index contributed by atoms with van der Waals surface area (Å²) in [6.45, 7) is 1.25. The summed E-state index contributed by atoms with van der Waals surface area (Å²) in [6.07, 6.45) is 1.68. The van der Waals surface area contributed by atoms with E-state index in [0.717, 1.165) is 17.0 Å². The van der Waals surface area contributed by atoms with Crippen molar-refractivity contribution in [1.29, 1.82) is 0 Å². The maximum absolute atomic E-state index is 12.1. The molecule has 1 aromatic carbocycles. The number of piperidine rings is 1. The van der Waals surface area contributed by atoms with E-state index < -0.39 is 0 Å². The Bertz CT molecular complexity index is 475. The lowest BCUT2D eigenvalue weighted by molar-refractivity contribution is -0.130. The molecular formula is C14H18N2O3. The summed E-state index contributed by atoms with van der Waals surface area (Å²) in [4.78, 5) is 14.0. The first kappa shape index (κ1) is 13.4. The number of ether oxygens (including phenoxy) is 1. The molecule has 1 aromatic rings. The number of nitrogens with zero attached hydrogens (tertiary/aromatic N) is 2. The van der Waals surface area contributed by atoms with Crippen LogP contribution in [0.1, 0.15) is 18.4 Å². The quantitative estimate of drug-likeness (QED) is 0.666. The van der Waals surface area contributed by atoms with Gasteiger partial charge in [-0.1, -0.05) is 17.3 Å². The van der Waals surface area contributed by atoms with Crippen LogP contribution in [0, 0.1) is 0 Å².